The van der Waals surface area contributed by atoms with Crippen molar-refractivity contribution in [3.63, 3.8) is 0 Å². The Labute approximate surface area is 127 Å². The Bertz CT molecular complexity index is 535. The molecule has 0 radical (unpaired) electrons. The summed E-state index contributed by atoms with van der Waals surface area (Å²) >= 11 is 0. The van der Waals surface area contributed by atoms with Crippen molar-refractivity contribution in [2.45, 2.75) is 46.3 Å². The number of hydrogen-bond acceptors (Lipinski definition) is 4. The molecular weight excluding hydrogens is 284 g/mol. The van der Waals surface area contributed by atoms with Crippen LogP contribution < -0.4 is 0 Å². The van der Waals surface area contributed by atoms with Crippen LogP contribution >= 0.6 is 0 Å². The smallest absolute Gasteiger partial charge is 0.342 e. The van der Waals surface area contributed by atoms with Crippen LogP contribution in [-0.4, -0.2) is 37.0 Å². The average molecular weight is 308 g/mol. The Morgan fingerprint density at radius 2 is 2.14 bits per heavy atom. The van der Waals surface area contributed by atoms with E-state index in [0.29, 0.717) is 31.2 Å². The molecule has 0 bridgehead atoms. The fourth-order valence-corrected chi connectivity index (χ4v) is 2.35. The minimum atomic E-state index is -1.09. The molecule has 5 nitrogen and oxygen atoms in total. The molecule has 0 unspecified atom stereocenters. The van der Waals surface area contributed by atoms with Crippen molar-refractivity contribution in [1.82, 2.24) is 9.78 Å². The molecule has 0 aliphatic rings. The van der Waals surface area contributed by atoms with E-state index in [2.05, 4.69) is 36.6 Å². The van der Waals surface area contributed by atoms with Gasteiger partial charge in [-0.3, -0.25) is 0 Å². The molecule has 116 valence electrons. The van der Waals surface area contributed by atoms with Crippen LogP contribution in [0, 0.1) is 11.8 Å². The van der Waals surface area contributed by atoms with Crippen LogP contribution in [0.5, 0.6) is 0 Å². The number of carbonyl (C=O) groups excluding carboxylic acids is 1. The third kappa shape index (κ3) is 6.15. The maximum Gasteiger partial charge on any atom is 0.342 e. The molecule has 1 rings (SSSR count). The normalized spacial score (nSPS) is 10.9. The van der Waals surface area contributed by atoms with Gasteiger partial charge in [-0.25, -0.2) is 9.48 Å². The summed E-state index contributed by atoms with van der Waals surface area (Å²) in [5, 5.41) is 4.27. The molecule has 1 aromatic heterocycles. The van der Waals surface area contributed by atoms with Gasteiger partial charge in [-0.15, -0.1) is 0 Å². The summed E-state index contributed by atoms with van der Waals surface area (Å²) in [4.78, 5) is 11.8. The van der Waals surface area contributed by atoms with E-state index >= 15 is 0 Å². The molecule has 0 saturated carbocycles. The number of carbonyl (C=O) groups is 1. The number of rotatable bonds is 7. The SMILES string of the molecule is CC#Cc1nn(COCC[Si](C)(C)C)cc1C(=O)OCC. The number of hydrogen-bond donors (Lipinski definition) is 0. The first-order chi connectivity index (χ1) is 9.87. The number of nitrogens with zero attached hydrogens (tertiary/aromatic N) is 2. The second kappa shape index (κ2) is 8.01. The first kappa shape index (κ1) is 17.5. The van der Waals surface area contributed by atoms with Crippen LogP contribution in [0.1, 0.15) is 29.9 Å². The van der Waals surface area contributed by atoms with Crippen molar-refractivity contribution in [3.8, 4) is 11.8 Å². The van der Waals surface area contributed by atoms with Crippen LogP contribution in [-0.2, 0) is 16.2 Å². The Morgan fingerprint density at radius 1 is 1.43 bits per heavy atom. The molecule has 0 atom stereocenters. The molecule has 0 aliphatic heterocycles. The van der Waals surface area contributed by atoms with Crippen molar-refractivity contribution in [2.75, 3.05) is 13.2 Å². The van der Waals surface area contributed by atoms with Gasteiger partial charge in [0.15, 0.2) is 0 Å². The van der Waals surface area contributed by atoms with Crippen LogP contribution in [0.15, 0.2) is 6.20 Å². The lowest BCUT2D eigenvalue weighted by Crippen LogP contribution is -2.22. The minimum absolute atomic E-state index is 0.322. The van der Waals surface area contributed by atoms with Crippen LogP contribution in [0.25, 0.3) is 0 Å². The minimum Gasteiger partial charge on any atom is -0.462 e. The second-order valence-corrected chi connectivity index (χ2v) is 11.5. The van der Waals surface area contributed by atoms with E-state index in [1.807, 2.05) is 0 Å². The molecule has 1 aromatic rings. The molecule has 0 spiro atoms. The van der Waals surface area contributed by atoms with Gasteiger partial charge >= 0.3 is 5.97 Å². The largest absolute Gasteiger partial charge is 0.462 e. The average Bonchev–Trinajstić information content (AvgIpc) is 2.78. The van der Waals surface area contributed by atoms with E-state index in [4.69, 9.17) is 9.47 Å². The quantitative estimate of drug-likeness (QED) is 0.336. The van der Waals surface area contributed by atoms with Crippen molar-refractivity contribution in [2.24, 2.45) is 0 Å². The van der Waals surface area contributed by atoms with Crippen molar-refractivity contribution >= 4 is 14.0 Å². The van der Waals surface area contributed by atoms with Crippen LogP contribution in [0.4, 0.5) is 0 Å². The van der Waals surface area contributed by atoms with Crippen molar-refractivity contribution < 1.29 is 14.3 Å². The Hall–Kier alpha value is -1.58. The summed E-state index contributed by atoms with van der Waals surface area (Å²) in [6, 6.07) is 1.10. The second-order valence-electron chi connectivity index (χ2n) is 5.87. The van der Waals surface area contributed by atoms with Crippen LogP contribution in [0.3, 0.4) is 0 Å². The van der Waals surface area contributed by atoms with Gasteiger partial charge in [-0.05, 0) is 25.8 Å². The molecule has 0 saturated heterocycles. The van der Waals surface area contributed by atoms with Gasteiger partial charge in [0.1, 0.15) is 18.0 Å². The van der Waals surface area contributed by atoms with E-state index in [9.17, 15) is 4.79 Å². The van der Waals surface area contributed by atoms with E-state index in [0.717, 1.165) is 6.04 Å². The van der Waals surface area contributed by atoms with Gasteiger partial charge in [0.2, 0.25) is 0 Å². The molecule has 0 fully saturated rings. The fraction of sp³-hybridized carbons (Fsp3) is 0.600. The molecule has 6 heteroatoms. The monoisotopic (exact) mass is 308 g/mol. The van der Waals surface area contributed by atoms with Crippen molar-refractivity contribution in [3.05, 3.63) is 17.5 Å². The highest BCUT2D eigenvalue weighted by Crippen LogP contribution is 2.10. The maximum absolute atomic E-state index is 11.8. The predicted octanol–water partition coefficient (Wildman–Crippen LogP) is 2.74. The first-order valence-corrected chi connectivity index (χ1v) is 10.8. The zero-order valence-corrected chi connectivity index (χ0v) is 14.5. The molecule has 0 aliphatic carbocycles. The molecule has 0 amide bonds. The van der Waals surface area contributed by atoms with Gasteiger partial charge in [0.25, 0.3) is 0 Å². The Kier molecular flexibility index (Phi) is 6.66. The third-order valence-electron chi connectivity index (χ3n) is 2.72. The third-order valence-corrected chi connectivity index (χ3v) is 4.42. The molecular formula is C15H24N2O3Si. The fourth-order valence-electron chi connectivity index (χ4n) is 1.59. The van der Waals surface area contributed by atoms with Gasteiger partial charge in [-0.1, -0.05) is 25.6 Å². The van der Waals surface area contributed by atoms with Gasteiger partial charge in [0, 0.05) is 20.9 Å². The molecule has 0 N–H and O–H groups in total. The maximum atomic E-state index is 11.8. The standard InChI is InChI=1S/C15H24N2O3Si/c1-6-8-14-13(15(18)20-7-2)11-17(16-14)12-19-9-10-21(3,4)5/h11H,7,9-10,12H2,1-5H3. The first-order valence-electron chi connectivity index (χ1n) is 7.12. The summed E-state index contributed by atoms with van der Waals surface area (Å²) < 4.78 is 12.2. The van der Waals surface area contributed by atoms with Gasteiger partial charge in [-0.2, -0.15) is 5.10 Å². The zero-order valence-electron chi connectivity index (χ0n) is 13.5. The Morgan fingerprint density at radius 3 is 2.71 bits per heavy atom. The lowest BCUT2D eigenvalue weighted by molar-refractivity contribution is 0.0524. The summed E-state index contributed by atoms with van der Waals surface area (Å²) in [6.45, 7) is 11.7. The van der Waals surface area contributed by atoms with Gasteiger partial charge < -0.3 is 9.47 Å². The van der Waals surface area contributed by atoms with Crippen molar-refractivity contribution in [1.29, 1.82) is 0 Å². The van der Waals surface area contributed by atoms with Gasteiger partial charge in [0.05, 0.1) is 6.61 Å². The molecule has 21 heavy (non-hydrogen) atoms. The Balaban J connectivity index is 2.69. The summed E-state index contributed by atoms with van der Waals surface area (Å²) in [6.07, 6.45) is 1.63. The number of aromatic nitrogens is 2. The summed E-state index contributed by atoms with van der Waals surface area (Å²) in [7, 11) is -1.09. The van der Waals surface area contributed by atoms with E-state index in [-0.39, 0.29) is 0 Å². The highest BCUT2D eigenvalue weighted by atomic mass is 28.3. The summed E-state index contributed by atoms with van der Waals surface area (Å²) in [5.41, 5.74) is 0.824. The lowest BCUT2D eigenvalue weighted by atomic mass is 10.2. The van der Waals surface area contributed by atoms with Crippen LogP contribution in [0.2, 0.25) is 25.7 Å². The molecule has 1 heterocycles. The predicted molar refractivity (Wildman–Crippen MR) is 84.8 cm³/mol. The highest BCUT2D eigenvalue weighted by Gasteiger charge is 2.16. The topological polar surface area (TPSA) is 53.4 Å². The summed E-state index contributed by atoms with van der Waals surface area (Å²) in [5.74, 6) is 5.17. The lowest BCUT2D eigenvalue weighted by Gasteiger charge is -2.15. The van der Waals surface area contributed by atoms with E-state index < -0.39 is 14.0 Å². The molecule has 0 aromatic carbocycles. The highest BCUT2D eigenvalue weighted by molar-refractivity contribution is 6.76. The number of esters is 1. The van der Waals surface area contributed by atoms with E-state index in [1.165, 1.54) is 0 Å². The van der Waals surface area contributed by atoms with E-state index in [1.54, 1.807) is 24.7 Å². The number of ether oxygens (including phenoxy) is 2. The zero-order chi connectivity index (χ0) is 15.9.